The average molecular weight is 249 g/mol. The summed E-state index contributed by atoms with van der Waals surface area (Å²) in [5, 5.41) is 0. The average Bonchev–Trinajstić information content (AvgIpc) is 2.04. The van der Waals surface area contributed by atoms with Crippen molar-refractivity contribution in [2.24, 2.45) is 0 Å². The monoisotopic (exact) mass is 248 g/mol. The minimum atomic E-state index is -0.133. The smallest absolute Gasteiger partial charge is 0.127 e. The van der Waals surface area contributed by atoms with Crippen molar-refractivity contribution in [3.63, 3.8) is 0 Å². The maximum atomic E-state index is 13.1. The largest absolute Gasteiger partial charge is 0.207 e. The van der Waals surface area contributed by atoms with Gasteiger partial charge in [0.1, 0.15) is 5.82 Å². The molecule has 0 spiro atoms. The zero-order valence-electron chi connectivity index (χ0n) is 6.56. The van der Waals surface area contributed by atoms with Crippen LogP contribution in [0, 0.1) is 5.82 Å². The van der Waals surface area contributed by atoms with Crippen molar-refractivity contribution in [2.45, 2.75) is 12.8 Å². The molecule has 1 rings (SSSR count). The van der Waals surface area contributed by atoms with Gasteiger partial charge in [0.05, 0.1) is 0 Å². The molecule has 3 heteroatoms. The van der Waals surface area contributed by atoms with Crippen LogP contribution in [-0.2, 0) is 6.42 Å². The van der Waals surface area contributed by atoms with Crippen molar-refractivity contribution < 1.29 is 4.39 Å². The first-order chi connectivity index (χ1) is 5.75. The second-order valence-corrected chi connectivity index (χ2v) is 3.83. The molecule has 0 unspecified atom stereocenters. The topological polar surface area (TPSA) is 0 Å². The molecule has 0 fully saturated rings. The molecule has 1 aromatic carbocycles. The first-order valence-corrected chi connectivity index (χ1v) is 5.22. The molecule has 0 amide bonds. The fourth-order valence-corrected chi connectivity index (χ4v) is 1.73. The van der Waals surface area contributed by atoms with E-state index in [1.165, 1.54) is 6.07 Å². The highest BCUT2D eigenvalue weighted by Crippen LogP contribution is 2.20. The van der Waals surface area contributed by atoms with E-state index in [4.69, 9.17) is 0 Å². The minimum Gasteiger partial charge on any atom is -0.207 e. The lowest BCUT2D eigenvalue weighted by molar-refractivity contribution is 0.606. The van der Waals surface area contributed by atoms with E-state index in [1.54, 1.807) is 6.07 Å². The Morgan fingerprint density at radius 3 is 2.75 bits per heavy atom. The molecule has 1 aromatic rings. The summed E-state index contributed by atoms with van der Waals surface area (Å²) >= 11 is 7.39. The summed E-state index contributed by atoms with van der Waals surface area (Å²) in [6, 6.07) is 5.04. The van der Waals surface area contributed by atoms with Gasteiger partial charge >= 0.3 is 0 Å². The molecule has 0 aliphatic heterocycles. The highest BCUT2D eigenvalue weighted by atomic mass is 79.9. The SMILES string of the molecule is Fc1cccc(Br)c1CCCS. The highest BCUT2D eigenvalue weighted by Gasteiger charge is 2.04. The number of benzene rings is 1. The third kappa shape index (κ3) is 2.49. The number of rotatable bonds is 3. The predicted octanol–water partition coefficient (Wildman–Crippen LogP) is 3.45. The van der Waals surface area contributed by atoms with Crippen LogP contribution in [0.15, 0.2) is 22.7 Å². The van der Waals surface area contributed by atoms with Crippen LogP contribution in [0.3, 0.4) is 0 Å². The molecule has 0 saturated carbocycles. The van der Waals surface area contributed by atoms with Gasteiger partial charge in [-0.2, -0.15) is 12.6 Å². The van der Waals surface area contributed by atoms with E-state index in [-0.39, 0.29) is 5.82 Å². The summed E-state index contributed by atoms with van der Waals surface area (Å²) < 4.78 is 14.0. The van der Waals surface area contributed by atoms with Gasteiger partial charge in [0.2, 0.25) is 0 Å². The second-order valence-electron chi connectivity index (χ2n) is 2.53. The third-order valence-electron chi connectivity index (χ3n) is 1.65. The first-order valence-electron chi connectivity index (χ1n) is 3.79. The van der Waals surface area contributed by atoms with Gasteiger partial charge in [0.15, 0.2) is 0 Å². The lowest BCUT2D eigenvalue weighted by Gasteiger charge is -2.03. The zero-order chi connectivity index (χ0) is 8.97. The van der Waals surface area contributed by atoms with Crippen molar-refractivity contribution in [1.29, 1.82) is 0 Å². The van der Waals surface area contributed by atoms with Crippen molar-refractivity contribution >= 4 is 28.6 Å². The van der Waals surface area contributed by atoms with E-state index < -0.39 is 0 Å². The van der Waals surface area contributed by atoms with Gasteiger partial charge in [-0.25, -0.2) is 4.39 Å². The Labute approximate surface area is 85.7 Å². The molecule has 0 radical (unpaired) electrons. The van der Waals surface area contributed by atoms with Crippen molar-refractivity contribution in [1.82, 2.24) is 0 Å². The molecule has 12 heavy (non-hydrogen) atoms. The number of hydrogen-bond donors (Lipinski definition) is 1. The minimum absolute atomic E-state index is 0.133. The number of hydrogen-bond acceptors (Lipinski definition) is 1. The quantitative estimate of drug-likeness (QED) is 0.779. The van der Waals surface area contributed by atoms with Gasteiger partial charge in [0, 0.05) is 10.0 Å². The van der Waals surface area contributed by atoms with Crippen LogP contribution < -0.4 is 0 Å². The van der Waals surface area contributed by atoms with Gasteiger partial charge in [0.25, 0.3) is 0 Å². The highest BCUT2D eigenvalue weighted by molar-refractivity contribution is 9.10. The van der Waals surface area contributed by atoms with Crippen molar-refractivity contribution in [3.05, 3.63) is 34.1 Å². The zero-order valence-corrected chi connectivity index (χ0v) is 9.04. The van der Waals surface area contributed by atoms with Gasteiger partial charge < -0.3 is 0 Å². The molecule has 0 heterocycles. The Hall–Kier alpha value is -0.0200. The molecule has 0 saturated heterocycles. The number of halogens is 2. The molecule has 0 atom stereocenters. The summed E-state index contributed by atoms with van der Waals surface area (Å²) in [5.41, 5.74) is 0.756. The maximum Gasteiger partial charge on any atom is 0.127 e. The van der Waals surface area contributed by atoms with E-state index >= 15 is 0 Å². The van der Waals surface area contributed by atoms with Crippen LogP contribution in [0.1, 0.15) is 12.0 Å². The molecule has 66 valence electrons. The molecular formula is C9H10BrFS. The van der Waals surface area contributed by atoms with Crippen LogP contribution in [-0.4, -0.2) is 5.75 Å². The third-order valence-corrected chi connectivity index (χ3v) is 2.71. The van der Waals surface area contributed by atoms with Crippen LogP contribution in [0.25, 0.3) is 0 Å². The Kier molecular flexibility index (Phi) is 4.09. The Bertz CT molecular complexity index is 242. The van der Waals surface area contributed by atoms with E-state index in [1.807, 2.05) is 6.07 Å². The molecule has 0 bridgehead atoms. The maximum absolute atomic E-state index is 13.1. The van der Waals surface area contributed by atoms with Crippen LogP contribution in [0.4, 0.5) is 4.39 Å². The van der Waals surface area contributed by atoms with Crippen LogP contribution >= 0.6 is 28.6 Å². The normalized spacial score (nSPS) is 10.2. The summed E-state index contributed by atoms with van der Waals surface area (Å²) in [7, 11) is 0. The Morgan fingerprint density at radius 1 is 1.42 bits per heavy atom. The van der Waals surface area contributed by atoms with E-state index in [0.717, 1.165) is 28.6 Å². The molecule has 0 nitrogen and oxygen atoms in total. The first kappa shape index (κ1) is 10.1. The van der Waals surface area contributed by atoms with Gasteiger partial charge in [-0.15, -0.1) is 0 Å². The summed E-state index contributed by atoms with van der Waals surface area (Å²) in [6.07, 6.45) is 1.65. The van der Waals surface area contributed by atoms with E-state index in [2.05, 4.69) is 28.6 Å². The fraction of sp³-hybridized carbons (Fsp3) is 0.333. The summed E-state index contributed by atoms with van der Waals surface area (Å²) in [4.78, 5) is 0. The molecule has 0 N–H and O–H groups in total. The lowest BCUT2D eigenvalue weighted by Crippen LogP contribution is -1.92. The molecule has 0 aliphatic carbocycles. The van der Waals surface area contributed by atoms with Crippen LogP contribution in [0.2, 0.25) is 0 Å². The van der Waals surface area contributed by atoms with Crippen LogP contribution in [0.5, 0.6) is 0 Å². The lowest BCUT2D eigenvalue weighted by atomic mass is 10.1. The Morgan fingerprint density at radius 2 is 2.17 bits per heavy atom. The fourth-order valence-electron chi connectivity index (χ4n) is 1.03. The van der Waals surface area contributed by atoms with E-state index in [0.29, 0.717) is 0 Å². The van der Waals surface area contributed by atoms with Gasteiger partial charge in [-0.05, 0) is 30.7 Å². The molecule has 0 aromatic heterocycles. The summed E-state index contributed by atoms with van der Waals surface area (Å²) in [5.74, 6) is 0.659. The van der Waals surface area contributed by atoms with E-state index in [9.17, 15) is 4.39 Å². The van der Waals surface area contributed by atoms with Gasteiger partial charge in [-0.3, -0.25) is 0 Å². The predicted molar refractivity (Wildman–Crippen MR) is 56.3 cm³/mol. The van der Waals surface area contributed by atoms with Crippen molar-refractivity contribution in [2.75, 3.05) is 5.75 Å². The second kappa shape index (κ2) is 4.87. The summed E-state index contributed by atoms with van der Waals surface area (Å²) in [6.45, 7) is 0. The van der Waals surface area contributed by atoms with Gasteiger partial charge in [-0.1, -0.05) is 22.0 Å². The van der Waals surface area contributed by atoms with Crippen molar-refractivity contribution in [3.8, 4) is 0 Å². The standard InChI is InChI=1S/C9H10BrFS/c10-8-4-1-5-9(11)7(8)3-2-6-12/h1,4-5,12H,2-3,6H2. The number of thiol groups is 1. The molecular weight excluding hydrogens is 239 g/mol. The Balaban J connectivity index is 2.81. The molecule has 0 aliphatic rings.